The fraction of sp³-hybridized carbons (Fsp3) is 0.294. The first kappa shape index (κ1) is 14.1. The lowest BCUT2D eigenvalue weighted by molar-refractivity contribution is 0.0803. The predicted octanol–water partition coefficient (Wildman–Crippen LogP) is 2.42. The third-order valence-corrected chi connectivity index (χ3v) is 4.38. The van der Waals surface area contributed by atoms with E-state index in [4.69, 9.17) is 0 Å². The van der Waals surface area contributed by atoms with Gasteiger partial charge in [-0.1, -0.05) is 12.1 Å². The van der Waals surface area contributed by atoms with Crippen LogP contribution in [0.1, 0.15) is 29.4 Å². The Bertz CT molecular complexity index is 912. The minimum atomic E-state index is -0.220. The number of hydrogen-bond acceptors (Lipinski definition) is 3. The second kappa shape index (κ2) is 5.31. The highest BCUT2D eigenvalue weighted by Crippen LogP contribution is 2.34. The van der Waals surface area contributed by atoms with Gasteiger partial charge in [-0.25, -0.2) is 13.9 Å². The van der Waals surface area contributed by atoms with E-state index in [0.717, 1.165) is 29.9 Å². The molecule has 0 unspecified atom stereocenters. The molecular weight excluding hydrogens is 295 g/mol. The third kappa shape index (κ3) is 2.55. The Morgan fingerprint density at radius 2 is 2.09 bits per heavy atom. The van der Waals surface area contributed by atoms with Crippen LogP contribution in [0.15, 0.2) is 41.2 Å². The SMILES string of the molecule is Cc1cc2nc(CN3CC[C@H]3c3ccc(F)cc3)cc(=O)n2[nH]1. The first-order valence-electron chi connectivity index (χ1n) is 7.68. The van der Waals surface area contributed by atoms with Crippen molar-refractivity contribution < 1.29 is 4.39 Å². The molecule has 0 amide bonds. The molecule has 2 aromatic heterocycles. The van der Waals surface area contributed by atoms with Crippen molar-refractivity contribution in [2.75, 3.05) is 6.54 Å². The average Bonchev–Trinajstić information content (AvgIpc) is 2.87. The molecule has 6 heteroatoms. The van der Waals surface area contributed by atoms with Crippen molar-refractivity contribution in [2.45, 2.75) is 25.9 Å². The number of nitrogens with one attached hydrogen (secondary N) is 1. The van der Waals surface area contributed by atoms with Gasteiger partial charge in [-0.05, 0) is 31.0 Å². The summed E-state index contributed by atoms with van der Waals surface area (Å²) in [7, 11) is 0. The van der Waals surface area contributed by atoms with Gasteiger partial charge in [0.2, 0.25) is 0 Å². The summed E-state index contributed by atoms with van der Waals surface area (Å²) in [5.74, 6) is -0.220. The van der Waals surface area contributed by atoms with Crippen LogP contribution >= 0.6 is 0 Å². The summed E-state index contributed by atoms with van der Waals surface area (Å²) in [4.78, 5) is 18.9. The molecule has 0 bridgehead atoms. The predicted molar refractivity (Wildman–Crippen MR) is 84.7 cm³/mol. The standard InChI is InChI=1S/C17H17FN4O/c1-11-8-16-19-14(9-17(23)22(16)20-11)10-21-7-6-15(21)12-2-4-13(18)5-3-12/h2-5,8-9,15,20H,6-7,10H2,1H3/t15-/m0/s1. The Morgan fingerprint density at radius 1 is 1.30 bits per heavy atom. The minimum Gasteiger partial charge on any atom is -0.294 e. The van der Waals surface area contributed by atoms with Gasteiger partial charge >= 0.3 is 0 Å². The molecule has 3 aromatic rings. The second-order valence-electron chi connectivity index (χ2n) is 6.04. The van der Waals surface area contributed by atoms with Crippen molar-refractivity contribution in [3.05, 3.63) is 69.5 Å². The number of H-pyrrole nitrogens is 1. The first-order chi connectivity index (χ1) is 11.1. The molecule has 0 aliphatic carbocycles. The van der Waals surface area contributed by atoms with Gasteiger partial charge in [-0.3, -0.25) is 14.8 Å². The number of aromatic nitrogens is 3. The zero-order valence-corrected chi connectivity index (χ0v) is 12.8. The number of hydrogen-bond donors (Lipinski definition) is 1. The molecule has 1 aliphatic rings. The highest BCUT2D eigenvalue weighted by molar-refractivity contribution is 5.39. The summed E-state index contributed by atoms with van der Waals surface area (Å²) in [6.45, 7) is 3.47. The number of likely N-dealkylation sites (tertiary alicyclic amines) is 1. The van der Waals surface area contributed by atoms with Crippen LogP contribution in [0.25, 0.3) is 5.65 Å². The Balaban J connectivity index is 1.58. The zero-order chi connectivity index (χ0) is 16.0. The summed E-state index contributed by atoms with van der Waals surface area (Å²) in [5.41, 5.74) is 3.31. The quantitative estimate of drug-likeness (QED) is 0.808. The number of fused-ring (bicyclic) bond motifs is 1. The van der Waals surface area contributed by atoms with Gasteiger partial charge < -0.3 is 0 Å². The lowest BCUT2D eigenvalue weighted by Gasteiger charge is -2.41. The molecule has 5 nitrogen and oxygen atoms in total. The average molecular weight is 312 g/mol. The van der Waals surface area contributed by atoms with E-state index < -0.39 is 0 Å². The molecule has 1 aliphatic heterocycles. The molecule has 23 heavy (non-hydrogen) atoms. The number of aromatic amines is 1. The normalized spacial score (nSPS) is 18.3. The molecule has 1 aromatic carbocycles. The fourth-order valence-corrected chi connectivity index (χ4v) is 3.14. The van der Waals surface area contributed by atoms with E-state index in [-0.39, 0.29) is 17.4 Å². The third-order valence-electron chi connectivity index (χ3n) is 4.38. The van der Waals surface area contributed by atoms with E-state index >= 15 is 0 Å². The van der Waals surface area contributed by atoms with Gasteiger partial charge in [0.1, 0.15) is 5.82 Å². The van der Waals surface area contributed by atoms with Crippen LogP contribution in [0.3, 0.4) is 0 Å². The van der Waals surface area contributed by atoms with E-state index in [2.05, 4.69) is 15.0 Å². The lowest BCUT2D eigenvalue weighted by atomic mass is 9.94. The number of aryl methyl sites for hydroxylation is 1. The summed E-state index contributed by atoms with van der Waals surface area (Å²) in [5, 5.41) is 2.97. The largest absolute Gasteiger partial charge is 0.294 e. The smallest absolute Gasteiger partial charge is 0.272 e. The zero-order valence-electron chi connectivity index (χ0n) is 12.8. The Kier molecular flexibility index (Phi) is 3.27. The van der Waals surface area contributed by atoms with Crippen LogP contribution in [0, 0.1) is 12.7 Å². The molecule has 0 radical (unpaired) electrons. The van der Waals surface area contributed by atoms with Gasteiger partial charge in [0, 0.05) is 37.0 Å². The molecule has 3 heterocycles. The molecule has 1 fully saturated rings. The molecule has 0 saturated carbocycles. The van der Waals surface area contributed by atoms with Gasteiger partial charge in [-0.15, -0.1) is 0 Å². The van der Waals surface area contributed by atoms with Gasteiger partial charge in [-0.2, -0.15) is 0 Å². The van der Waals surface area contributed by atoms with Crippen molar-refractivity contribution in [1.82, 2.24) is 19.5 Å². The Labute approximate surface area is 132 Å². The van der Waals surface area contributed by atoms with E-state index in [0.29, 0.717) is 12.2 Å². The molecule has 0 spiro atoms. The fourth-order valence-electron chi connectivity index (χ4n) is 3.14. The maximum Gasteiger partial charge on any atom is 0.272 e. The van der Waals surface area contributed by atoms with Crippen molar-refractivity contribution in [3.63, 3.8) is 0 Å². The first-order valence-corrected chi connectivity index (χ1v) is 7.68. The molecule has 4 rings (SSSR count). The topological polar surface area (TPSA) is 53.4 Å². The van der Waals surface area contributed by atoms with Gasteiger partial charge in [0.25, 0.3) is 5.56 Å². The van der Waals surface area contributed by atoms with E-state index in [1.54, 1.807) is 6.07 Å². The Hall–Kier alpha value is -2.47. The van der Waals surface area contributed by atoms with Gasteiger partial charge in [0.15, 0.2) is 5.65 Å². The molecule has 1 N–H and O–H groups in total. The Morgan fingerprint density at radius 3 is 2.78 bits per heavy atom. The van der Waals surface area contributed by atoms with Crippen LogP contribution in [0.5, 0.6) is 0 Å². The van der Waals surface area contributed by atoms with Crippen molar-refractivity contribution >= 4 is 5.65 Å². The van der Waals surface area contributed by atoms with Crippen LogP contribution in [0.2, 0.25) is 0 Å². The monoisotopic (exact) mass is 312 g/mol. The molecular formula is C17H17FN4O. The van der Waals surface area contributed by atoms with Crippen LogP contribution in [0.4, 0.5) is 4.39 Å². The highest BCUT2D eigenvalue weighted by Gasteiger charge is 2.29. The maximum absolute atomic E-state index is 13.0. The number of rotatable bonds is 3. The van der Waals surface area contributed by atoms with E-state index in [1.165, 1.54) is 16.6 Å². The van der Waals surface area contributed by atoms with Crippen molar-refractivity contribution in [1.29, 1.82) is 0 Å². The number of halogens is 1. The van der Waals surface area contributed by atoms with Crippen LogP contribution in [-0.2, 0) is 6.54 Å². The number of benzene rings is 1. The summed E-state index contributed by atoms with van der Waals surface area (Å²) >= 11 is 0. The second-order valence-corrected chi connectivity index (χ2v) is 6.04. The van der Waals surface area contributed by atoms with Gasteiger partial charge in [0.05, 0.1) is 5.69 Å². The van der Waals surface area contributed by atoms with Crippen molar-refractivity contribution in [3.8, 4) is 0 Å². The minimum absolute atomic E-state index is 0.100. The lowest BCUT2D eigenvalue weighted by Crippen LogP contribution is -2.40. The maximum atomic E-state index is 13.0. The molecule has 118 valence electrons. The summed E-state index contributed by atoms with van der Waals surface area (Å²) in [6, 6.07) is 10.3. The number of nitrogens with zero attached hydrogens (tertiary/aromatic N) is 3. The molecule has 1 saturated heterocycles. The van der Waals surface area contributed by atoms with Crippen LogP contribution < -0.4 is 5.56 Å². The van der Waals surface area contributed by atoms with Crippen LogP contribution in [-0.4, -0.2) is 26.0 Å². The van der Waals surface area contributed by atoms with E-state index in [1.807, 2.05) is 25.1 Å². The molecule has 1 atom stereocenters. The van der Waals surface area contributed by atoms with Crippen molar-refractivity contribution in [2.24, 2.45) is 0 Å². The van der Waals surface area contributed by atoms with E-state index in [9.17, 15) is 9.18 Å². The highest BCUT2D eigenvalue weighted by atomic mass is 19.1. The summed E-state index contributed by atoms with van der Waals surface area (Å²) in [6.07, 6.45) is 1.04. The summed E-state index contributed by atoms with van der Waals surface area (Å²) < 4.78 is 14.5.